The maximum atomic E-state index is 12.4. The quantitative estimate of drug-likeness (QED) is 0.679. The molecule has 144 valence electrons. The molecule has 2 amide bonds. The molecule has 0 unspecified atom stereocenters. The molecule has 0 aliphatic heterocycles. The zero-order valence-electron chi connectivity index (χ0n) is 15.9. The highest BCUT2D eigenvalue weighted by molar-refractivity contribution is 5.95. The van der Waals surface area contributed by atoms with Crippen LogP contribution in [0.2, 0.25) is 0 Å². The molecular formula is C21H21N3O4. The second-order valence-electron chi connectivity index (χ2n) is 6.37. The van der Waals surface area contributed by atoms with Gasteiger partial charge in [0.2, 0.25) is 11.8 Å². The van der Waals surface area contributed by atoms with Gasteiger partial charge in [-0.3, -0.25) is 9.59 Å². The zero-order valence-corrected chi connectivity index (χ0v) is 15.9. The predicted octanol–water partition coefficient (Wildman–Crippen LogP) is 3.80. The average molecular weight is 379 g/mol. The Morgan fingerprint density at radius 2 is 1.82 bits per heavy atom. The topological polar surface area (TPSA) is 93.5 Å². The molecule has 1 heterocycles. The maximum Gasteiger partial charge on any atom is 0.230 e. The van der Waals surface area contributed by atoms with E-state index in [9.17, 15) is 9.59 Å². The Balaban J connectivity index is 1.70. The molecule has 2 N–H and O–H groups in total. The van der Waals surface area contributed by atoms with Crippen molar-refractivity contribution in [1.82, 2.24) is 5.16 Å². The summed E-state index contributed by atoms with van der Waals surface area (Å²) in [4.78, 5) is 23.7. The number of benzene rings is 2. The van der Waals surface area contributed by atoms with E-state index in [1.54, 1.807) is 24.3 Å². The standard InChI is InChI=1S/C21H21N3O4/c1-13-4-6-15(7-5-13)20-11-17(24-28-20)12-21(26)23-18-10-16(22-14(2)25)8-9-19(18)27-3/h4-11H,12H2,1-3H3,(H,22,25)(H,23,26). The van der Waals surface area contributed by atoms with Crippen LogP contribution in [-0.2, 0) is 16.0 Å². The Kier molecular flexibility index (Phi) is 5.74. The third kappa shape index (κ3) is 4.76. The van der Waals surface area contributed by atoms with E-state index in [2.05, 4.69) is 15.8 Å². The number of anilines is 2. The SMILES string of the molecule is COc1ccc(NC(C)=O)cc1NC(=O)Cc1cc(-c2ccc(C)cc2)on1. The number of aryl methyl sites for hydroxylation is 1. The highest BCUT2D eigenvalue weighted by atomic mass is 16.5. The first-order valence-corrected chi connectivity index (χ1v) is 8.72. The van der Waals surface area contributed by atoms with Gasteiger partial charge in [-0.15, -0.1) is 0 Å². The molecule has 0 saturated carbocycles. The van der Waals surface area contributed by atoms with E-state index in [1.165, 1.54) is 14.0 Å². The van der Waals surface area contributed by atoms with E-state index >= 15 is 0 Å². The summed E-state index contributed by atoms with van der Waals surface area (Å²) in [7, 11) is 1.51. The van der Waals surface area contributed by atoms with Crippen LogP contribution in [-0.4, -0.2) is 24.1 Å². The molecule has 0 aliphatic rings. The van der Waals surface area contributed by atoms with E-state index in [-0.39, 0.29) is 18.2 Å². The smallest absolute Gasteiger partial charge is 0.230 e. The summed E-state index contributed by atoms with van der Waals surface area (Å²) in [5.74, 6) is 0.617. The van der Waals surface area contributed by atoms with Crippen LogP contribution >= 0.6 is 0 Å². The Bertz CT molecular complexity index is 993. The van der Waals surface area contributed by atoms with Crippen molar-refractivity contribution in [3.63, 3.8) is 0 Å². The highest BCUT2D eigenvalue weighted by Crippen LogP contribution is 2.28. The first kappa shape index (κ1) is 19.2. The van der Waals surface area contributed by atoms with Crippen LogP contribution in [0.4, 0.5) is 11.4 Å². The summed E-state index contributed by atoms with van der Waals surface area (Å²) in [6.45, 7) is 3.42. The fourth-order valence-electron chi connectivity index (χ4n) is 2.69. The van der Waals surface area contributed by atoms with Crippen molar-refractivity contribution in [3.05, 3.63) is 59.8 Å². The van der Waals surface area contributed by atoms with Crippen molar-refractivity contribution in [2.75, 3.05) is 17.7 Å². The van der Waals surface area contributed by atoms with E-state index in [1.807, 2.05) is 31.2 Å². The normalized spacial score (nSPS) is 10.4. The number of aromatic nitrogens is 1. The first-order valence-electron chi connectivity index (χ1n) is 8.72. The van der Waals surface area contributed by atoms with Gasteiger partial charge in [-0.25, -0.2) is 0 Å². The Hall–Kier alpha value is -3.61. The van der Waals surface area contributed by atoms with Crippen LogP contribution in [0.5, 0.6) is 5.75 Å². The van der Waals surface area contributed by atoms with Crippen LogP contribution in [0.25, 0.3) is 11.3 Å². The van der Waals surface area contributed by atoms with Gasteiger partial charge >= 0.3 is 0 Å². The third-order valence-electron chi connectivity index (χ3n) is 4.03. The molecular weight excluding hydrogens is 358 g/mol. The fourth-order valence-corrected chi connectivity index (χ4v) is 2.69. The number of hydrogen-bond acceptors (Lipinski definition) is 5. The van der Waals surface area contributed by atoms with Gasteiger partial charge in [-0.2, -0.15) is 0 Å². The Morgan fingerprint density at radius 3 is 2.50 bits per heavy atom. The summed E-state index contributed by atoms with van der Waals surface area (Å²) in [6, 6.07) is 14.6. The van der Waals surface area contributed by atoms with Crippen LogP contribution in [0.1, 0.15) is 18.2 Å². The fraction of sp³-hybridized carbons (Fsp3) is 0.190. The minimum Gasteiger partial charge on any atom is -0.495 e. The Labute approximate surface area is 162 Å². The molecule has 7 heteroatoms. The number of carbonyl (C=O) groups is 2. The van der Waals surface area contributed by atoms with Crippen molar-refractivity contribution in [3.8, 4) is 17.1 Å². The summed E-state index contributed by atoms with van der Waals surface area (Å²) < 4.78 is 10.6. The van der Waals surface area contributed by atoms with Crippen molar-refractivity contribution < 1.29 is 18.8 Å². The lowest BCUT2D eigenvalue weighted by Crippen LogP contribution is -2.15. The number of amides is 2. The molecule has 1 aromatic heterocycles. The highest BCUT2D eigenvalue weighted by Gasteiger charge is 2.13. The minimum atomic E-state index is -0.276. The van der Waals surface area contributed by atoms with Crippen LogP contribution < -0.4 is 15.4 Å². The Morgan fingerprint density at radius 1 is 1.07 bits per heavy atom. The van der Waals surface area contributed by atoms with E-state index < -0.39 is 0 Å². The zero-order chi connectivity index (χ0) is 20.1. The van der Waals surface area contributed by atoms with Gasteiger partial charge in [0.25, 0.3) is 0 Å². The van der Waals surface area contributed by atoms with Crippen molar-refractivity contribution in [2.45, 2.75) is 20.3 Å². The van der Waals surface area contributed by atoms with Gasteiger partial charge in [0.1, 0.15) is 5.75 Å². The van der Waals surface area contributed by atoms with Gasteiger partial charge in [0.15, 0.2) is 5.76 Å². The molecule has 3 rings (SSSR count). The number of methoxy groups -OCH3 is 1. The second kappa shape index (κ2) is 8.39. The molecule has 0 radical (unpaired) electrons. The predicted molar refractivity (Wildman–Crippen MR) is 106 cm³/mol. The summed E-state index contributed by atoms with van der Waals surface area (Å²) >= 11 is 0. The molecule has 0 aliphatic carbocycles. The minimum absolute atomic E-state index is 0.0445. The van der Waals surface area contributed by atoms with E-state index in [0.29, 0.717) is 28.6 Å². The molecule has 2 aromatic carbocycles. The second-order valence-corrected chi connectivity index (χ2v) is 6.37. The van der Waals surface area contributed by atoms with Gasteiger partial charge < -0.3 is 19.9 Å². The van der Waals surface area contributed by atoms with Crippen LogP contribution in [0.3, 0.4) is 0 Å². The number of hydrogen-bond donors (Lipinski definition) is 2. The molecule has 28 heavy (non-hydrogen) atoms. The average Bonchev–Trinajstić information content (AvgIpc) is 3.10. The van der Waals surface area contributed by atoms with Gasteiger partial charge in [-0.05, 0) is 25.1 Å². The van der Waals surface area contributed by atoms with Gasteiger partial charge in [-0.1, -0.05) is 35.0 Å². The lowest BCUT2D eigenvalue weighted by atomic mass is 10.1. The summed E-state index contributed by atoms with van der Waals surface area (Å²) in [6.07, 6.45) is 0.0445. The number of nitrogens with zero attached hydrogens (tertiary/aromatic N) is 1. The maximum absolute atomic E-state index is 12.4. The van der Waals surface area contributed by atoms with Gasteiger partial charge in [0, 0.05) is 24.2 Å². The lowest BCUT2D eigenvalue weighted by Gasteiger charge is -2.12. The van der Waals surface area contributed by atoms with Crippen molar-refractivity contribution >= 4 is 23.2 Å². The van der Waals surface area contributed by atoms with Crippen LogP contribution in [0.15, 0.2) is 53.1 Å². The van der Waals surface area contributed by atoms with Gasteiger partial charge in [0.05, 0.1) is 24.9 Å². The number of ether oxygens (including phenoxy) is 1. The molecule has 7 nitrogen and oxygen atoms in total. The molecule has 0 atom stereocenters. The molecule has 0 fully saturated rings. The lowest BCUT2D eigenvalue weighted by molar-refractivity contribution is -0.116. The van der Waals surface area contributed by atoms with Crippen molar-refractivity contribution in [2.24, 2.45) is 0 Å². The van der Waals surface area contributed by atoms with Crippen molar-refractivity contribution in [1.29, 1.82) is 0 Å². The molecule has 0 bridgehead atoms. The van der Waals surface area contributed by atoms with E-state index in [0.717, 1.165) is 11.1 Å². The summed E-state index contributed by atoms with van der Waals surface area (Å²) in [5, 5.41) is 9.43. The molecule has 3 aromatic rings. The largest absolute Gasteiger partial charge is 0.495 e. The monoisotopic (exact) mass is 379 g/mol. The molecule has 0 spiro atoms. The van der Waals surface area contributed by atoms with E-state index in [4.69, 9.17) is 9.26 Å². The van der Waals surface area contributed by atoms with Crippen LogP contribution in [0, 0.1) is 6.92 Å². The summed E-state index contributed by atoms with van der Waals surface area (Å²) in [5.41, 5.74) is 3.59. The third-order valence-corrected chi connectivity index (χ3v) is 4.03. The number of carbonyl (C=O) groups excluding carboxylic acids is 2. The molecule has 0 saturated heterocycles. The number of rotatable bonds is 6. The number of nitrogens with one attached hydrogen (secondary N) is 2. The first-order chi connectivity index (χ1) is 13.4.